The zero-order valence-electron chi connectivity index (χ0n) is 15.5. The van der Waals surface area contributed by atoms with Gasteiger partial charge in [0.1, 0.15) is 0 Å². The summed E-state index contributed by atoms with van der Waals surface area (Å²) in [4.78, 5) is 13.3. The Balaban J connectivity index is 1.61. The van der Waals surface area contributed by atoms with Crippen LogP contribution in [0.1, 0.15) is 12.5 Å². The van der Waals surface area contributed by atoms with Crippen molar-refractivity contribution in [3.63, 3.8) is 0 Å². The van der Waals surface area contributed by atoms with Gasteiger partial charge in [0.15, 0.2) is 22.6 Å². The minimum absolute atomic E-state index is 0.432. The Morgan fingerprint density at radius 2 is 2.11 bits per heavy atom. The fourth-order valence-corrected chi connectivity index (χ4v) is 3.90. The van der Waals surface area contributed by atoms with E-state index in [1.165, 1.54) is 0 Å². The molecule has 2 heterocycles. The van der Waals surface area contributed by atoms with Crippen molar-refractivity contribution in [1.29, 1.82) is 0 Å². The van der Waals surface area contributed by atoms with E-state index >= 15 is 0 Å². The zero-order valence-corrected chi connectivity index (χ0v) is 17.1. The molecule has 1 aromatic heterocycles. The molecule has 0 spiro atoms. The van der Waals surface area contributed by atoms with Crippen LogP contribution in [0.4, 0.5) is 5.13 Å². The number of halogens is 1. The lowest BCUT2D eigenvalue weighted by atomic mass is 10.2. The number of nitrogens with zero attached hydrogens (tertiary/aromatic N) is 4. The maximum absolute atomic E-state index is 6.32. The molecule has 0 saturated carbocycles. The van der Waals surface area contributed by atoms with E-state index in [0.717, 1.165) is 36.9 Å². The Morgan fingerprint density at radius 3 is 2.74 bits per heavy atom. The van der Waals surface area contributed by atoms with E-state index in [1.807, 2.05) is 30.6 Å². The van der Waals surface area contributed by atoms with Crippen LogP contribution >= 0.6 is 22.9 Å². The SMILES string of the molecule is CCOc1c(Cl)cc(CN=C(N)N2CCN(c3nccs3)CC2)cc1OC. The van der Waals surface area contributed by atoms with Crippen molar-refractivity contribution in [2.45, 2.75) is 13.5 Å². The highest BCUT2D eigenvalue weighted by Gasteiger charge is 2.20. The van der Waals surface area contributed by atoms with E-state index < -0.39 is 0 Å². The summed E-state index contributed by atoms with van der Waals surface area (Å²) in [6.45, 7) is 6.26. The van der Waals surface area contributed by atoms with Crippen LogP contribution in [0.5, 0.6) is 11.5 Å². The van der Waals surface area contributed by atoms with Gasteiger partial charge in [0.2, 0.25) is 0 Å². The molecule has 1 aliphatic rings. The molecule has 0 atom stereocenters. The monoisotopic (exact) mass is 409 g/mol. The second kappa shape index (κ2) is 9.14. The number of methoxy groups -OCH3 is 1. The molecule has 9 heteroatoms. The number of hydrogen-bond donors (Lipinski definition) is 1. The van der Waals surface area contributed by atoms with Crippen LogP contribution in [0, 0.1) is 0 Å². The fourth-order valence-electron chi connectivity index (χ4n) is 2.92. The summed E-state index contributed by atoms with van der Waals surface area (Å²) in [5.74, 6) is 1.70. The first kappa shape index (κ1) is 19.6. The number of hydrogen-bond acceptors (Lipinski definition) is 6. The third-order valence-electron chi connectivity index (χ3n) is 4.30. The van der Waals surface area contributed by atoms with Gasteiger partial charge < -0.3 is 25.0 Å². The summed E-state index contributed by atoms with van der Waals surface area (Å²) in [5.41, 5.74) is 7.12. The predicted molar refractivity (Wildman–Crippen MR) is 110 cm³/mol. The van der Waals surface area contributed by atoms with Gasteiger partial charge in [-0.2, -0.15) is 0 Å². The minimum atomic E-state index is 0.432. The van der Waals surface area contributed by atoms with Crippen LogP contribution in [-0.4, -0.2) is 55.7 Å². The Labute approximate surface area is 168 Å². The molecular formula is C18H24ClN5O2S. The van der Waals surface area contributed by atoms with Gasteiger partial charge in [0.25, 0.3) is 0 Å². The Hall–Kier alpha value is -2.19. The number of benzene rings is 1. The van der Waals surface area contributed by atoms with Crippen LogP contribution in [0.15, 0.2) is 28.7 Å². The second-order valence-corrected chi connectivity index (χ2v) is 7.29. The molecule has 146 valence electrons. The average Bonchev–Trinajstić information content (AvgIpc) is 3.23. The largest absolute Gasteiger partial charge is 0.493 e. The van der Waals surface area contributed by atoms with Crippen molar-refractivity contribution in [3.05, 3.63) is 34.3 Å². The van der Waals surface area contributed by atoms with E-state index in [0.29, 0.717) is 35.6 Å². The van der Waals surface area contributed by atoms with Gasteiger partial charge in [-0.3, -0.25) is 0 Å². The number of aliphatic imine (C=N–C) groups is 1. The molecular weight excluding hydrogens is 386 g/mol. The molecule has 0 amide bonds. The fraction of sp³-hybridized carbons (Fsp3) is 0.444. The van der Waals surface area contributed by atoms with Crippen LogP contribution in [0.3, 0.4) is 0 Å². The molecule has 0 unspecified atom stereocenters. The number of rotatable bonds is 6. The van der Waals surface area contributed by atoms with Crippen LogP contribution in [0.2, 0.25) is 5.02 Å². The molecule has 1 aliphatic heterocycles. The van der Waals surface area contributed by atoms with Gasteiger partial charge in [-0.15, -0.1) is 11.3 Å². The maximum atomic E-state index is 6.32. The quantitative estimate of drug-likeness (QED) is 0.584. The summed E-state index contributed by atoms with van der Waals surface area (Å²) in [5, 5.41) is 3.56. The Morgan fingerprint density at radius 1 is 1.33 bits per heavy atom. The van der Waals surface area contributed by atoms with E-state index in [1.54, 1.807) is 18.4 Å². The number of ether oxygens (including phenoxy) is 2. The van der Waals surface area contributed by atoms with Gasteiger partial charge in [-0.05, 0) is 24.6 Å². The summed E-state index contributed by atoms with van der Waals surface area (Å²) in [6.07, 6.45) is 1.83. The zero-order chi connectivity index (χ0) is 19.2. The lowest BCUT2D eigenvalue weighted by molar-refractivity contribution is 0.311. The molecule has 2 N–H and O–H groups in total. The average molecular weight is 410 g/mol. The molecule has 0 bridgehead atoms. The first-order valence-corrected chi connectivity index (χ1v) is 10.1. The Kier molecular flexibility index (Phi) is 6.63. The van der Waals surface area contributed by atoms with Crippen LogP contribution in [-0.2, 0) is 6.54 Å². The molecule has 1 aromatic carbocycles. The summed E-state index contributed by atoms with van der Waals surface area (Å²) < 4.78 is 10.9. The summed E-state index contributed by atoms with van der Waals surface area (Å²) >= 11 is 7.97. The van der Waals surface area contributed by atoms with E-state index in [4.69, 9.17) is 26.8 Å². The Bertz CT molecular complexity index is 776. The van der Waals surface area contributed by atoms with E-state index in [2.05, 4.69) is 19.8 Å². The first-order chi connectivity index (χ1) is 13.1. The minimum Gasteiger partial charge on any atom is -0.493 e. The van der Waals surface area contributed by atoms with Gasteiger partial charge >= 0.3 is 0 Å². The maximum Gasteiger partial charge on any atom is 0.191 e. The van der Waals surface area contributed by atoms with Gasteiger partial charge in [-0.1, -0.05) is 11.6 Å². The van der Waals surface area contributed by atoms with E-state index in [-0.39, 0.29) is 0 Å². The standard InChI is InChI=1S/C18H24ClN5O2S/c1-3-26-16-14(19)10-13(11-15(16)25-2)12-22-17(20)23-5-7-24(8-6-23)18-21-4-9-27-18/h4,9-11H,3,5-8,12H2,1-2H3,(H2,20,22). The number of aromatic nitrogens is 1. The van der Waals surface area contributed by atoms with Gasteiger partial charge in [-0.25, -0.2) is 9.98 Å². The van der Waals surface area contributed by atoms with Crippen molar-refractivity contribution >= 4 is 34.0 Å². The number of thiazole rings is 1. The van der Waals surface area contributed by atoms with Crippen LogP contribution in [0.25, 0.3) is 0 Å². The van der Waals surface area contributed by atoms with Crippen molar-refractivity contribution < 1.29 is 9.47 Å². The summed E-state index contributed by atoms with van der Waals surface area (Å²) in [7, 11) is 1.59. The van der Waals surface area contributed by atoms with Gasteiger partial charge in [0.05, 0.1) is 25.3 Å². The lowest BCUT2D eigenvalue weighted by Crippen LogP contribution is -2.51. The third-order valence-corrected chi connectivity index (χ3v) is 5.41. The van der Waals surface area contributed by atoms with Crippen molar-refractivity contribution in [2.24, 2.45) is 10.7 Å². The smallest absolute Gasteiger partial charge is 0.191 e. The number of guanidine groups is 1. The molecule has 27 heavy (non-hydrogen) atoms. The topological polar surface area (TPSA) is 76.2 Å². The number of piperazine rings is 1. The normalized spacial score (nSPS) is 15.1. The molecule has 0 radical (unpaired) electrons. The molecule has 7 nitrogen and oxygen atoms in total. The second-order valence-electron chi connectivity index (χ2n) is 6.01. The van der Waals surface area contributed by atoms with Gasteiger partial charge in [0, 0.05) is 37.8 Å². The third kappa shape index (κ3) is 4.75. The molecule has 3 rings (SSSR count). The number of anilines is 1. The van der Waals surface area contributed by atoms with E-state index in [9.17, 15) is 0 Å². The highest BCUT2D eigenvalue weighted by atomic mass is 35.5. The predicted octanol–water partition coefficient (Wildman–Crippen LogP) is 2.84. The molecule has 0 aliphatic carbocycles. The highest BCUT2D eigenvalue weighted by Crippen LogP contribution is 2.36. The van der Waals surface area contributed by atoms with Crippen molar-refractivity contribution in [3.8, 4) is 11.5 Å². The summed E-state index contributed by atoms with van der Waals surface area (Å²) in [6, 6.07) is 3.72. The molecule has 1 fully saturated rings. The van der Waals surface area contributed by atoms with Crippen molar-refractivity contribution in [1.82, 2.24) is 9.88 Å². The van der Waals surface area contributed by atoms with Crippen LogP contribution < -0.4 is 20.1 Å². The molecule has 2 aromatic rings. The first-order valence-electron chi connectivity index (χ1n) is 8.81. The lowest BCUT2D eigenvalue weighted by Gasteiger charge is -2.35. The van der Waals surface area contributed by atoms with Crippen molar-refractivity contribution in [2.75, 3.05) is 44.8 Å². The molecule has 1 saturated heterocycles. The highest BCUT2D eigenvalue weighted by molar-refractivity contribution is 7.13. The number of nitrogens with two attached hydrogens (primary N) is 1.